The molecule has 0 aliphatic carbocycles. The van der Waals surface area contributed by atoms with E-state index < -0.39 is 0 Å². The van der Waals surface area contributed by atoms with Gasteiger partial charge >= 0.3 is 0 Å². The van der Waals surface area contributed by atoms with Gasteiger partial charge in [0, 0.05) is 19.3 Å². The molecule has 0 saturated heterocycles. The topological polar surface area (TPSA) is 45.2 Å². The van der Waals surface area contributed by atoms with Gasteiger partial charge in [0.05, 0.1) is 6.42 Å². The molecule has 0 radical (unpaired) electrons. The van der Waals surface area contributed by atoms with E-state index in [9.17, 15) is 4.79 Å². The number of amides is 1. The van der Waals surface area contributed by atoms with Gasteiger partial charge in [-0.3, -0.25) is 4.79 Å². The highest BCUT2D eigenvalue weighted by Gasteiger charge is 2.14. The number of rotatable bonds is 3. The molecule has 0 fully saturated rings. The SMILES string of the molecule is CN1CCc2ccc(CC(=O)Nc3ccccn3)cc2C1. The van der Waals surface area contributed by atoms with E-state index in [1.54, 1.807) is 12.3 Å². The molecule has 0 atom stereocenters. The van der Waals surface area contributed by atoms with Crippen molar-refractivity contribution in [3.8, 4) is 0 Å². The smallest absolute Gasteiger partial charge is 0.229 e. The van der Waals surface area contributed by atoms with Crippen LogP contribution in [0.25, 0.3) is 0 Å². The zero-order valence-electron chi connectivity index (χ0n) is 12.2. The molecule has 2 aromatic rings. The van der Waals surface area contributed by atoms with Crippen molar-refractivity contribution in [2.24, 2.45) is 0 Å². The normalized spacial score (nSPS) is 14.5. The third kappa shape index (κ3) is 3.47. The first-order valence-electron chi connectivity index (χ1n) is 7.21. The summed E-state index contributed by atoms with van der Waals surface area (Å²) in [5, 5.41) is 2.82. The third-order valence-electron chi connectivity index (χ3n) is 3.77. The fourth-order valence-electron chi connectivity index (χ4n) is 2.67. The number of pyridine rings is 1. The molecule has 1 N–H and O–H groups in total. The van der Waals surface area contributed by atoms with Gasteiger partial charge in [0.1, 0.15) is 5.82 Å². The van der Waals surface area contributed by atoms with Crippen LogP contribution in [0, 0.1) is 0 Å². The zero-order valence-corrected chi connectivity index (χ0v) is 12.2. The van der Waals surface area contributed by atoms with Gasteiger partial charge in [-0.1, -0.05) is 24.3 Å². The van der Waals surface area contributed by atoms with Gasteiger partial charge in [-0.05, 0) is 42.3 Å². The van der Waals surface area contributed by atoms with Gasteiger partial charge in [-0.25, -0.2) is 4.98 Å². The van der Waals surface area contributed by atoms with Crippen LogP contribution in [-0.4, -0.2) is 29.4 Å². The Morgan fingerprint density at radius 2 is 2.19 bits per heavy atom. The molecule has 4 nitrogen and oxygen atoms in total. The van der Waals surface area contributed by atoms with Crippen LogP contribution >= 0.6 is 0 Å². The first kappa shape index (κ1) is 13.8. The third-order valence-corrected chi connectivity index (χ3v) is 3.77. The molecule has 0 spiro atoms. The lowest BCUT2D eigenvalue weighted by Gasteiger charge is -2.25. The van der Waals surface area contributed by atoms with Crippen molar-refractivity contribution in [2.45, 2.75) is 19.4 Å². The van der Waals surface area contributed by atoms with Crippen LogP contribution in [-0.2, 0) is 24.2 Å². The number of hydrogen-bond donors (Lipinski definition) is 1. The largest absolute Gasteiger partial charge is 0.310 e. The molecule has 1 aliphatic heterocycles. The highest BCUT2D eigenvalue weighted by atomic mass is 16.1. The number of aromatic nitrogens is 1. The van der Waals surface area contributed by atoms with E-state index in [2.05, 4.69) is 40.4 Å². The number of nitrogens with zero attached hydrogens (tertiary/aromatic N) is 2. The molecule has 0 unspecified atom stereocenters. The number of anilines is 1. The Morgan fingerprint density at radius 3 is 3.00 bits per heavy atom. The maximum absolute atomic E-state index is 12.1. The number of hydrogen-bond acceptors (Lipinski definition) is 3. The molecule has 21 heavy (non-hydrogen) atoms. The van der Waals surface area contributed by atoms with Crippen molar-refractivity contribution >= 4 is 11.7 Å². The Morgan fingerprint density at radius 1 is 1.29 bits per heavy atom. The molecule has 3 rings (SSSR count). The Bertz CT molecular complexity index is 640. The second-order valence-electron chi connectivity index (χ2n) is 5.53. The molecule has 1 aromatic carbocycles. The van der Waals surface area contributed by atoms with E-state index in [1.807, 2.05) is 12.1 Å². The van der Waals surface area contributed by atoms with Crippen LogP contribution in [0.3, 0.4) is 0 Å². The summed E-state index contributed by atoms with van der Waals surface area (Å²) < 4.78 is 0. The summed E-state index contributed by atoms with van der Waals surface area (Å²) in [5.41, 5.74) is 3.80. The van der Waals surface area contributed by atoms with E-state index >= 15 is 0 Å². The molecule has 2 heterocycles. The minimum Gasteiger partial charge on any atom is -0.310 e. The average molecular weight is 281 g/mol. The lowest BCUT2D eigenvalue weighted by Crippen LogP contribution is -2.26. The number of carbonyl (C=O) groups is 1. The second kappa shape index (κ2) is 6.06. The number of likely N-dealkylation sites (N-methyl/N-ethyl adjacent to an activating group) is 1. The summed E-state index contributed by atoms with van der Waals surface area (Å²) in [6.07, 6.45) is 3.14. The predicted octanol–water partition coefficient (Wildman–Crippen LogP) is 2.25. The van der Waals surface area contributed by atoms with Crippen molar-refractivity contribution in [3.05, 3.63) is 59.3 Å². The van der Waals surface area contributed by atoms with Crippen LogP contribution < -0.4 is 5.32 Å². The van der Waals surface area contributed by atoms with Crippen LogP contribution in [0.15, 0.2) is 42.6 Å². The van der Waals surface area contributed by atoms with E-state index in [0.717, 1.165) is 25.1 Å². The Hall–Kier alpha value is -2.20. The molecule has 0 bridgehead atoms. The van der Waals surface area contributed by atoms with Gasteiger partial charge < -0.3 is 10.2 Å². The molecule has 108 valence electrons. The van der Waals surface area contributed by atoms with Crippen molar-refractivity contribution < 1.29 is 4.79 Å². The quantitative estimate of drug-likeness (QED) is 0.938. The van der Waals surface area contributed by atoms with Gasteiger partial charge in [0.25, 0.3) is 0 Å². The van der Waals surface area contributed by atoms with E-state index in [0.29, 0.717) is 12.2 Å². The molecule has 1 amide bonds. The summed E-state index contributed by atoms with van der Waals surface area (Å²) in [7, 11) is 2.13. The predicted molar refractivity (Wildman–Crippen MR) is 83.1 cm³/mol. The Balaban J connectivity index is 1.68. The zero-order chi connectivity index (χ0) is 14.7. The van der Waals surface area contributed by atoms with E-state index in [1.165, 1.54) is 11.1 Å². The lowest BCUT2D eigenvalue weighted by atomic mass is 9.96. The molecule has 0 saturated carbocycles. The Labute approximate surface area is 124 Å². The fourth-order valence-corrected chi connectivity index (χ4v) is 2.67. The van der Waals surface area contributed by atoms with Crippen LogP contribution in [0.1, 0.15) is 16.7 Å². The molecular formula is C17H19N3O. The molecule has 4 heteroatoms. The van der Waals surface area contributed by atoms with Gasteiger partial charge in [0.15, 0.2) is 0 Å². The number of nitrogens with one attached hydrogen (secondary N) is 1. The van der Waals surface area contributed by atoms with E-state index in [-0.39, 0.29) is 5.91 Å². The van der Waals surface area contributed by atoms with Crippen LogP contribution in [0.4, 0.5) is 5.82 Å². The first-order valence-corrected chi connectivity index (χ1v) is 7.21. The molecule has 1 aliphatic rings. The number of benzene rings is 1. The molecule has 1 aromatic heterocycles. The number of carbonyl (C=O) groups excluding carboxylic acids is 1. The first-order chi connectivity index (χ1) is 10.2. The highest BCUT2D eigenvalue weighted by Crippen LogP contribution is 2.19. The Kier molecular flexibility index (Phi) is 3.97. The monoisotopic (exact) mass is 281 g/mol. The van der Waals surface area contributed by atoms with Crippen molar-refractivity contribution in [3.63, 3.8) is 0 Å². The minimum absolute atomic E-state index is 0.0298. The summed E-state index contributed by atoms with van der Waals surface area (Å²) >= 11 is 0. The highest BCUT2D eigenvalue weighted by molar-refractivity contribution is 5.91. The maximum atomic E-state index is 12.1. The fraction of sp³-hybridized carbons (Fsp3) is 0.294. The summed E-state index contributed by atoms with van der Waals surface area (Å²) in [6, 6.07) is 11.9. The molecular weight excluding hydrogens is 262 g/mol. The lowest BCUT2D eigenvalue weighted by molar-refractivity contribution is -0.115. The maximum Gasteiger partial charge on any atom is 0.229 e. The second-order valence-corrected chi connectivity index (χ2v) is 5.53. The van der Waals surface area contributed by atoms with Crippen molar-refractivity contribution in [2.75, 3.05) is 18.9 Å². The van der Waals surface area contributed by atoms with Crippen LogP contribution in [0.5, 0.6) is 0 Å². The van der Waals surface area contributed by atoms with Gasteiger partial charge in [-0.2, -0.15) is 0 Å². The van der Waals surface area contributed by atoms with Gasteiger partial charge in [-0.15, -0.1) is 0 Å². The minimum atomic E-state index is -0.0298. The van der Waals surface area contributed by atoms with Gasteiger partial charge in [0.2, 0.25) is 5.91 Å². The van der Waals surface area contributed by atoms with E-state index in [4.69, 9.17) is 0 Å². The standard InChI is InChI=1S/C17H19N3O/c1-20-9-7-14-6-5-13(10-15(14)12-20)11-17(21)19-16-4-2-3-8-18-16/h2-6,8,10H,7,9,11-12H2,1H3,(H,18,19,21). The van der Waals surface area contributed by atoms with Crippen LogP contribution in [0.2, 0.25) is 0 Å². The van der Waals surface area contributed by atoms with Crippen molar-refractivity contribution in [1.82, 2.24) is 9.88 Å². The van der Waals surface area contributed by atoms with Crippen molar-refractivity contribution in [1.29, 1.82) is 0 Å². The number of fused-ring (bicyclic) bond motifs is 1. The summed E-state index contributed by atoms with van der Waals surface area (Å²) in [4.78, 5) is 18.5. The summed E-state index contributed by atoms with van der Waals surface area (Å²) in [5.74, 6) is 0.568. The summed E-state index contributed by atoms with van der Waals surface area (Å²) in [6.45, 7) is 2.07. The average Bonchev–Trinajstić information content (AvgIpc) is 2.47.